The number of aromatic nitrogens is 1. The Hall–Kier alpha value is -3.20. The van der Waals surface area contributed by atoms with Gasteiger partial charge in [-0.3, -0.25) is 15.1 Å². The van der Waals surface area contributed by atoms with Gasteiger partial charge in [-0.25, -0.2) is 4.58 Å². The number of hydrogen-bond donors (Lipinski definition) is 0. The maximum absolute atomic E-state index is 11.9. The van der Waals surface area contributed by atoms with Crippen LogP contribution in [0.15, 0.2) is 65.4 Å². The van der Waals surface area contributed by atoms with Crippen LogP contribution in [0.3, 0.4) is 0 Å². The second-order valence-electron chi connectivity index (χ2n) is 5.79. The van der Waals surface area contributed by atoms with E-state index < -0.39 is 14.7 Å². The standard InChI is InChI=1S/C17H12N4O4S/c1-19-12-7-3-2-4-8-14(12)26-17(19)15(21(24)25)10-13(20(22)23)11-6-5-9-18-16(11)17/h2-10H,1H3. The largest absolute Gasteiger partial charge is 0.612 e. The lowest BCUT2D eigenvalue weighted by molar-refractivity contribution is -0.585. The first-order chi connectivity index (χ1) is 12.5. The first-order valence-electron chi connectivity index (χ1n) is 7.66. The highest BCUT2D eigenvalue weighted by molar-refractivity contribution is 8.05. The predicted molar refractivity (Wildman–Crippen MR) is 97.2 cm³/mol. The summed E-state index contributed by atoms with van der Waals surface area (Å²) in [6, 6.07) is 3.17. The van der Waals surface area contributed by atoms with Gasteiger partial charge < -0.3 is 10.4 Å². The molecule has 0 radical (unpaired) electrons. The van der Waals surface area contributed by atoms with Crippen LogP contribution in [0.25, 0.3) is 0 Å². The zero-order valence-electron chi connectivity index (χ0n) is 13.5. The van der Waals surface area contributed by atoms with Crippen LogP contribution in [-0.4, -0.2) is 37.9 Å². The third kappa shape index (κ3) is 2.07. The summed E-state index contributed by atoms with van der Waals surface area (Å²) in [5, 5.41) is 34.9. The molecule has 1 aromatic rings. The van der Waals surface area contributed by atoms with Crippen LogP contribution < -0.4 is 0 Å². The Balaban J connectivity index is 2.09. The van der Waals surface area contributed by atoms with Crippen LogP contribution in [0.4, 0.5) is 0 Å². The van der Waals surface area contributed by atoms with Crippen molar-refractivity contribution in [1.29, 1.82) is 0 Å². The monoisotopic (exact) mass is 368 g/mol. The smallest absolute Gasteiger partial charge is 0.347 e. The minimum absolute atomic E-state index is 0.276. The number of nitrogens with zero attached hydrogens (tertiary/aromatic N) is 4. The van der Waals surface area contributed by atoms with Gasteiger partial charge in [0, 0.05) is 12.3 Å². The van der Waals surface area contributed by atoms with Gasteiger partial charge in [0.2, 0.25) is 11.4 Å². The molecule has 0 amide bonds. The molecule has 1 unspecified atom stereocenters. The molecule has 0 saturated heterocycles. The van der Waals surface area contributed by atoms with Crippen molar-refractivity contribution in [2.45, 2.75) is 4.87 Å². The average molecular weight is 368 g/mol. The van der Waals surface area contributed by atoms with Gasteiger partial charge in [0.05, 0.1) is 21.5 Å². The van der Waals surface area contributed by atoms with Gasteiger partial charge in [-0.05, 0) is 30.0 Å². The lowest BCUT2D eigenvalue weighted by atomic mass is 9.92. The Kier molecular flexibility index (Phi) is 3.55. The highest BCUT2D eigenvalue weighted by atomic mass is 32.2. The summed E-state index contributed by atoms with van der Waals surface area (Å²) in [6.07, 6.45) is 11.9. The number of rotatable bonds is 1. The van der Waals surface area contributed by atoms with Crippen molar-refractivity contribution in [1.82, 2.24) is 4.98 Å². The van der Waals surface area contributed by atoms with Crippen molar-refractivity contribution in [2.75, 3.05) is 7.05 Å². The molecule has 0 N–H and O–H groups in total. The quantitative estimate of drug-likeness (QED) is 0.325. The summed E-state index contributed by atoms with van der Waals surface area (Å²) in [7, 11) is 1.74. The minimum atomic E-state index is -1.27. The van der Waals surface area contributed by atoms with Gasteiger partial charge in [0.25, 0.3) is 0 Å². The number of allylic oxidation sites excluding steroid dienone is 7. The van der Waals surface area contributed by atoms with Gasteiger partial charge in [0.1, 0.15) is 12.7 Å². The van der Waals surface area contributed by atoms with E-state index in [9.17, 15) is 20.5 Å². The summed E-state index contributed by atoms with van der Waals surface area (Å²) >= 11 is 1.27. The molecule has 2 aliphatic carbocycles. The third-order valence-electron chi connectivity index (χ3n) is 4.49. The SMILES string of the molecule is C[N+]1=C2C=CC=CC=C2SC12C([N+](=O)[O-])=CC(=[N+]([O-])[O-])c1cccnc12. The van der Waals surface area contributed by atoms with Gasteiger partial charge in [0.15, 0.2) is 0 Å². The van der Waals surface area contributed by atoms with Crippen LogP contribution in [0, 0.1) is 20.5 Å². The highest BCUT2D eigenvalue weighted by Crippen LogP contribution is 2.54. The van der Waals surface area contributed by atoms with E-state index in [1.165, 1.54) is 18.0 Å². The molecule has 0 bridgehead atoms. The maximum Gasteiger partial charge on any atom is 0.347 e. The molecule has 0 fully saturated rings. The van der Waals surface area contributed by atoms with Gasteiger partial charge in [-0.1, -0.05) is 18.2 Å². The lowest BCUT2D eigenvalue weighted by Gasteiger charge is -2.26. The number of pyridine rings is 1. The molecule has 9 heteroatoms. The molecule has 1 aromatic heterocycles. The van der Waals surface area contributed by atoms with Crippen molar-refractivity contribution < 1.29 is 14.4 Å². The number of likely N-dealkylation sites (N-methyl/N-ethyl adjacent to an activating group) is 1. The molecule has 26 heavy (non-hydrogen) atoms. The number of nitro groups is 1. The first-order valence-corrected chi connectivity index (χ1v) is 8.47. The fourth-order valence-corrected chi connectivity index (χ4v) is 4.86. The number of thioether (sulfide) groups is 1. The molecule has 1 aliphatic heterocycles. The molecule has 3 aliphatic rings. The molecular weight excluding hydrogens is 356 g/mol. The zero-order valence-corrected chi connectivity index (χ0v) is 14.3. The summed E-state index contributed by atoms with van der Waals surface area (Å²) < 4.78 is 1.77. The number of fused-ring (bicyclic) bond motifs is 3. The van der Waals surface area contributed by atoms with Crippen LogP contribution in [-0.2, 0) is 4.87 Å². The zero-order chi connectivity index (χ0) is 18.5. The fraction of sp³-hybridized carbons (Fsp3) is 0.118. The molecule has 2 heterocycles. The third-order valence-corrected chi connectivity index (χ3v) is 6.02. The summed E-state index contributed by atoms with van der Waals surface area (Å²) in [5.74, 6) is 0. The average Bonchev–Trinajstić information content (AvgIpc) is 2.77. The van der Waals surface area contributed by atoms with Crippen molar-refractivity contribution in [3.05, 3.63) is 97.2 Å². The first kappa shape index (κ1) is 16.3. The van der Waals surface area contributed by atoms with E-state index in [1.54, 1.807) is 23.8 Å². The molecule has 0 saturated carbocycles. The second-order valence-corrected chi connectivity index (χ2v) is 7.03. The molecule has 0 aromatic carbocycles. The molecule has 1 atom stereocenters. The van der Waals surface area contributed by atoms with E-state index in [0.29, 0.717) is 11.3 Å². The van der Waals surface area contributed by atoms with Crippen LogP contribution >= 0.6 is 11.8 Å². The van der Waals surface area contributed by atoms with Crippen LogP contribution in [0.1, 0.15) is 11.3 Å². The number of hydrogen-bond acceptors (Lipinski definition) is 6. The Morgan fingerprint density at radius 2 is 2.04 bits per heavy atom. The van der Waals surface area contributed by atoms with Crippen molar-refractivity contribution >= 4 is 23.2 Å². The van der Waals surface area contributed by atoms with Crippen molar-refractivity contribution in [2.24, 2.45) is 0 Å². The van der Waals surface area contributed by atoms with Crippen LogP contribution in [0.5, 0.6) is 0 Å². The van der Waals surface area contributed by atoms with E-state index in [1.807, 2.05) is 30.4 Å². The molecular formula is C17H12N4O4S. The Morgan fingerprint density at radius 3 is 2.77 bits per heavy atom. The Bertz CT molecular complexity index is 1030. The van der Waals surface area contributed by atoms with E-state index in [0.717, 1.165) is 16.7 Å². The topological polar surface area (TPSA) is 108 Å². The molecule has 1 spiro atoms. The van der Waals surface area contributed by atoms with Crippen molar-refractivity contribution in [3.8, 4) is 0 Å². The highest BCUT2D eigenvalue weighted by Gasteiger charge is 2.65. The minimum Gasteiger partial charge on any atom is -0.612 e. The second kappa shape index (κ2) is 5.67. The fourth-order valence-electron chi connectivity index (χ4n) is 3.35. The molecule has 8 nitrogen and oxygen atoms in total. The summed E-state index contributed by atoms with van der Waals surface area (Å²) in [6.45, 7) is 0. The lowest BCUT2D eigenvalue weighted by Crippen LogP contribution is -2.43. The summed E-state index contributed by atoms with van der Waals surface area (Å²) in [5.41, 5.74) is 0.795. The Labute approximate surface area is 152 Å². The van der Waals surface area contributed by atoms with Gasteiger partial charge in [-0.15, -0.1) is 0 Å². The van der Waals surface area contributed by atoms with Crippen LogP contribution in [0.2, 0.25) is 0 Å². The molecule has 4 rings (SSSR count). The maximum atomic E-state index is 11.9. The summed E-state index contributed by atoms with van der Waals surface area (Å²) in [4.78, 5) is 14.6. The van der Waals surface area contributed by atoms with E-state index >= 15 is 0 Å². The van der Waals surface area contributed by atoms with Gasteiger partial charge in [-0.2, -0.15) is 4.90 Å². The van der Waals surface area contributed by atoms with E-state index in [-0.39, 0.29) is 11.4 Å². The molecule has 130 valence electrons. The normalized spacial score (nSPS) is 23.3. The Morgan fingerprint density at radius 1 is 1.23 bits per heavy atom. The van der Waals surface area contributed by atoms with E-state index in [2.05, 4.69) is 4.98 Å². The predicted octanol–water partition coefficient (Wildman–Crippen LogP) is 2.05. The van der Waals surface area contributed by atoms with Crippen molar-refractivity contribution in [3.63, 3.8) is 0 Å². The van der Waals surface area contributed by atoms with E-state index in [4.69, 9.17) is 0 Å². The van der Waals surface area contributed by atoms with Gasteiger partial charge >= 0.3 is 10.6 Å².